The maximum absolute atomic E-state index is 13.2. The van der Waals surface area contributed by atoms with Gasteiger partial charge in [0.1, 0.15) is 0 Å². The highest BCUT2D eigenvalue weighted by molar-refractivity contribution is 5.30. The molecule has 21 heavy (non-hydrogen) atoms. The molecule has 0 saturated heterocycles. The van der Waals surface area contributed by atoms with Crippen LogP contribution in [0.5, 0.6) is 0 Å². The predicted molar refractivity (Wildman–Crippen MR) is 64.8 cm³/mol. The van der Waals surface area contributed by atoms with Crippen molar-refractivity contribution in [2.45, 2.75) is 12.2 Å². The van der Waals surface area contributed by atoms with Crippen molar-refractivity contribution in [2.75, 3.05) is 0 Å². The Morgan fingerprint density at radius 3 is 2.24 bits per heavy atom. The van der Waals surface area contributed by atoms with Crippen LogP contribution in [0.2, 0.25) is 0 Å². The van der Waals surface area contributed by atoms with E-state index in [4.69, 9.17) is 5.84 Å². The third-order valence-corrected chi connectivity index (χ3v) is 2.85. The molecule has 0 aliphatic rings. The number of benzene rings is 1. The molecule has 8 heteroatoms. The molecule has 1 heterocycles. The van der Waals surface area contributed by atoms with E-state index < -0.39 is 29.4 Å². The van der Waals surface area contributed by atoms with Gasteiger partial charge in [0.2, 0.25) is 0 Å². The van der Waals surface area contributed by atoms with Crippen molar-refractivity contribution in [1.82, 2.24) is 10.4 Å². The lowest BCUT2D eigenvalue weighted by molar-refractivity contribution is -0.137. The largest absolute Gasteiger partial charge is 0.417 e. The second kappa shape index (κ2) is 5.74. The molecule has 1 aromatic heterocycles. The number of nitrogens with two attached hydrogens (primary N) is 1. The summed E-state index contributed by atoms with van der Waals surface area (Å²) in [5.41, 5.74) is 1.79. The van der Waals surface area contributed by atoms with Crippen molar-refractivity contribution in [3.05, 3.63) is 65.0 Å². The van der Waals surface area contributed by atoms with Gasteiger partial charge in [0.25, 0.3) is 0 Å². The quantitative estimate of drug-likeness (QED) is 0.521. The minimum atomic E-state index is -4.50. The number of alkyl halides is 3. The standard InChI is InChI=1S/C13H10F5N3/c14-9-3-1-7(5-10(9)15)12(21-19)11-4-2-8(6-20-11)13(16,17)18/h1-6,12,21H,19H2. The summed E-state index contributed by atoms with van der Waals surface area (Å²) in [6.45, 7) is 0. The van der Waals surface area contributed by atoms with E-state index in [1.54, 1.807) is 0 Å². The summed E-state index contributed by atoms with van der Waals surface area (Å²) in [5, 5.41) is 0. The maximum Gasteiger partial charge on any atom is 0.417 e. The molecule has 0 spiro atoms. The molecule has 0 radical (unpaired) electrons. The first-order chi connectivity index (χ1) is 9.82. The lowest BCUT2D eigenvalue weighted by Crippen LogP contribution is -2.29. The Hall–Kier alpha value is -2.06. The van der Waals surface area contributed by atoms with Crippen LogP contribution in [0.3, 0.4) is 0 Å². The monoisotopic (exact) mass is 303 g/mol. The molecule has 1 unspecified atom stereocenters. The van der Waals surface area contributed by atoms with Crippen molar-refractivity contribution in [3.63, 3.8) is 0 Å². The second-order valence-electron chi connectivity index (χ2n) is 4.24. The summed E-state index contributed by atoms with van der Waals surface area (Å²) in [7, 11) is 0. The molecule has 1 aromatic carbocycles. The number of rotatable bonds is 3. The van der Waals surface area contributed by atoms with Crippen molar-refractivity contribution in [2.24, 2.45) is 5.84 Å². The zero-order valence-corrected chi connectivity index (χ0v) is 10.5. The van der Waals surface area contributed by atoms with Crippen LogP contribution >= 0.6 is 0 Å². The number of hydrazine groups is 1. The van der Waals surface area contributed by atoms with Crippen molar-refractivity contribution in [1.29, 1.82) is 0 Å². The SMILES string of the molecule is NNC(c1ccc(F)c(F)c1)c1ccc(C(F)(F)F)cn1. The third kappa shape index (κ3) is 3.34. The lowest BCUT2D eigenvalue weighted by atomic mass is 10.0. The van der Waals surface area contributed by atoms with Gasteiger partial charge in [-0.05, 0) is 29.8 Å². The number of pyridine rings is 1. The van der Waals surface area contributed by atoms with E-state index in [0.29, 0.717) is 6.20 Å². The number of hydrogen-bond acceptors (Lipinski definition) is 3. The Balaban J connectivity index is 2.35. The summed E-state index contributed by atoms with van der Waals surface area (Å²) in [6.07, 6.45) is -3.85. The minimum absolute atomic E-state index is 0.150. The van der Waals surface area contributed by atoms with Crippen molar-refractivity contribution < 1.29 is 22.0 Å². The summed E-state index contributed by atoms with van der Waals surface area (Å²) < 4.78 is 63.4. The van der Waals surface area contributed by atoms with Crippen molar-refractivity contribution >= 4 is 0 Å². The molecule has 3 N–H and O–H groups in total. The molecule has 0 bridgehead atoms. The zero-order valence-electron chi connectivity index (χ0n) is 10.5. The fourth-order valence-electron chi connectivity index (χ4n) is 1.79. The normalized spacial score (nSPS) is 13.2. The molecule has 0 aliphatic carbocycles. The Morgan fingerprint density at radius 2 is 1.76 bits per heavy atom. The van der Waals surface area contributed by atoms with Crippen LogP contribution in [-0.4, -0.2) is 4.98 Å². The van der Waals surface area contributed by atoms with E-state index >= 15 is 0 Å². The van der Waals surface area contributed by atoms with Gasteiger partial charge in [0.05, 0.1) is 17.3 Å². The molecular formula is C13H10F5N3. The van der Waals surface area contributed by atoms with Crippen LogP contribution in [0.15, 0.2) is 36.5 Å². The van der Waals surface area contributed by atoms with E-state index in [1.807, 2.05) is 0 Å². The average Bonchev–Trinajstić information content (AvgIpc) is 2.43. The number of aromatic nitrogens is 1. The highest BCUT2D eigenvalue weighted by Crippen LogP contribution is 2.29. The van der Waals surface area contributed by atoms with Crippen molar-refractivity contribution in [3.8, 4) is 0 Å². The fraction of sp³-hybridized carbons (Fsp3) is 0.154. The molecule has 0 amide bonds. The summed E-state index contributed by atoms with van der Waals surface area (Å²) >= 11 is 0. The summed E-state index contributed by atoms with van der Waals surface area (Å²) in [4.78, 5) is 3.67. The predicted octanol–water partition coefficient (Wildman–Crippen LogP) is 2.93. The molecule has 2 rings (SSSR count). The number of halogens is 5. The van der Waals surface area contributed by atoms with E-state index in [1.165, 1.54) is 6.07 Å². The van der Waals surface area contributed by atoms with E-state index in [-0.39, 0.29) is 11.3 Å². The van der Waals surface area contributed by atoms with Gasteiger partial charge in [-0.3, -0.25) is 10.8 Å². The molecule has 0 saturated carbocycles. The maximum atomic E-state index is 13.2. The summed E-state index contributed by atoms with van der Waals surface area (Å²) in [6, 6.07) is 4.17. The molecule has 0 fully saturated rings. The van der Waals surface area contributed by atoms with Gasteiger partial charge in [-0.25, -0.2) is 14.2 Å². The van der Waals surface area contributed by atoms with Crippen LogP contribution in [-0.2, 0) is 6.18 Å². The Kier molecular flexibility index (Phi) is 4.19. The summed E-state index contributed by atoms with van der Waals surface area (Å²) in [5.74, 6) is 3.20. The Bertz CT molecular complexity index is 625. The number of hydrogen-bond donors (Lipinski definition) is 2. The van der Waals surface area contributed by atoms with E-state index in [9.17, 15) is 22.0 Å². The first-order valence-corrected chi connectivity index (χ1v) is 5.77. The molecule has 3 nitrogen and oxygen atoms in total. The van der Waals surface area contributed by atoms with E-state index in [2.05, 4.69) is 10.4 Å². The van der Waals surface area contributed by atoms with Crippen LogP contribution in [0.25, 0.3) is 0 Å². The van der Waals surface area contributed by atoms with Gasteiger partial charge in [0, 0.05) is 6.20 Å². The van der Waals surface area contributed by atoms with Gasteiger partial charge >= 0.3 is 6.18 Å². The highest BCUT2D eigenvalue weighted by Gasteiger charge is 2.31. The van der Waals surface area contributed by atoms with Crippen LogP contribution in [0.4, 0.5) is 22.0 Å². The van der Waals surface area contributed by atoms with Crippen LogP contribution < -0.4 is 11.3 Å². The lowest BCUT2D eigenvalue weighted by Gasteiger charge is -2.16. The Morgan fingerprint density at radius 1 is 1.05 bits per heavy atom. The van der Waals surface area contributed by atoms with Gasteiger partial charge < -0.3 is 0 Å². The average molecular weight is 303 g/mol. The molecule has 1 atom stereocenters. The topological polar surface area (TPSA) is 50.9 Å². The van der Waals surface area contributed by atoms with Crippen LogP contribution in [0, 0.1) is 11.6 Å². The molecule has 0 aliphatic heterocycles. The first kappa shape index (κ1) is 15.3. The van der Waals surface area contributed by atoms with Gasteiger partial charge in [-0.15, -0.1) is 0 Å². The molecule has 2 aromatic rings. The fourth-order valence-corrected chi connectivity index (χ4v) is 1.79. The number of nitrogens with one attached hydrogen (secondary N) is 1. The van der Waals surface area contributed by atoms with Gasteiger partial charge in [-0.2, -0.15) is 13.2 Å². The van der Waals surface area contributed by atoms with Gasteiger partial charge in [-0.1, -0.05) is 6.07 Å². The highest BCUT2D eigenvalue weighted by atomic mass is 19.4. The zero-order chi connectivity index (χ0) is 15.6. The minimum Gasteiger partial charge on any atom is -0.271 e. The number of nitrogens with zero attached hydrogens (tertiary/aromatic N) is 1. The van der Waals surface area contributed by atoms with Crippen LogP contribution in [0.1, 0.15) is 22.9 Å². The Labute approximate surface area is 116 Å². The first-order valence-electron chi connectivity index (χ1n) is 5.77. The smallest absolute Gasteiger partial charge is 0.271 e. The molecule has 112 valence electrons. The third-order valence-electron chi connectivity index (χ3n) is 2.85. The van der Waals surface area contributed by atoms with E-state index in [0.717, 1.165) is 24.3 Å². The second-order valence-corrected chi connectivity index (χ2v) is 4.24. The molecular weight excluding hydrogens is 293 g/mol. The van der Waals surface area contributed by atoms with Gasteiger partial charge in [0.15, 0.2) is 11.6 Å².